The van der Waals surface area contributed by atoms with Gasteiger partial charge in [-0.25, -0.2) is 0 Å². The van der Waals surface area contributed by atoms with E-state index in [1.807, 2.05) is 20.2 Å². The average molecular weight is 295 g/mol. The number of allylic oxidation sites excluding steroid dienone is 1. The van der Waals surface area contributed by atoms with E-state index in [0.29, 0.717) is 6.61 Å². The van der Waals surface area contributed by atoms with E-state index in [1.165, 1.54) is 16.7 Å². The maximum Gasteiger partial charge on any atom is 0.119 e. The first-order chi connectivity index (χ1) is 10.7. The van der Waals surface area contributed by atoms with E-state index >= 15 is 0 Å². The van der Waals surface area contributed by atoms with Gasteiger partial charge in [-0.2, -0.15) is 0 Å². The second-order valence-corrected chi connectivity index (χ2v) is 5.61. The Morgan fingerprint density at radius 1 is 1.00 bits per heavy atom. The van der Waals surface area contributed by atoms with E-state index in [9.17, 15) is 0 Å². The summed E-state index contributed by atoms with van der Waals surface area (Å²) in [7, 11) is 4.10. The van der Waals surface area contributed by atoms with Gasteiger partial charge in [0.1, 0.15) is 12.4 Å². The number of nitrogens with zero attached hydrogens (tertiary/aromatic N) is 1. The van der Waals surface area contributed by atoms with Crippen molar-refractivity contribution in [1.82, 2.24) is 4.90 Å². The third-order valence-corrected chi connectivity index (χ3v) is 3.55. The van der Waals surface area contributed by atoms with Crippen LogP contribution in [0.5, 0.6) is 5.75 Å². The van der Waals surface area contributed by atoms with Crippen molar-refractivity contribution in [3.8, 4) is 5.75 Å². The smallest absolute Gasteiger partial charge is 0.119 e. The fourth-order valence-electron chi connectivity index (χ4n) is 2.25. The van der Waals surface area contributed by atoms with Gasteiger partial charge < -0.3 is 9.64 Å². The lowest BCUT2D eigenvalue weighted by atomic mass is 10.0. The van der Waals surface area contributed by atoms with Crippen LogP contribution in [0.25, 0.3) is 11.6 Å². The van der Waals surface area contributed by atoms with Crippen LogP contribution in [-0.2, 0) is 0 Å². The van der Waals surface area contributed by atoms with Crippen molar-refractivity contribution in [3.05, 3.63) is 65.7 Å². The molecule has 0 aromatic heterocycles. The first kappa shape index (κ1) is 16.3. The van der Waals surface area contributed by atoms with Crippen LogP contribution in [0.1, 0.15) is 24.5 Å². The fraction of sp³-hybridized carbons (Fsp3) is 0.300. The minimum atomic E-state index is 0.715. The summed E-state index contributed by atoms with van der Waals surface area (Å²) in [6.07, 6.45) is 3.26. The maximum absolute atomic E-state index is 5.74. The zero-order valence-corrected chi connectivity index (χ0v) is 13.8. The van der Waals surface area contributed by atoms with Crippen LogP contribution >= 0.6 is 0 Å². The van der Waals surface area contributed by atoms with E-state index in [-0.39, 0.29) is 0 Å². The number of rotatable bonds is 7. The van der Waals surface area contributed by atoms with Gasteiger partial charge in [0.2, 0.25) is 0 Å². The van der Waals surface area contributed by atoms with Gasteiger partial charge in [0.15, 0.2) is 0 Å². The third kappa shape index (κ3) is 5.05. The van der Waals surface area contributed by atoms with Gasteiger partial charge in [-0.15, -0.1) is 0 Å². The molecule has 0 aliphatic heterocycles. The Hall–Kier alpha value is -2.06. The Bertz CT molecular complexity index is 585. The second kappa shape index (κ2) is 8.40. The molecule has 0 N–H and O–H groups in total. The summed E-state index contributed by atoms with van der Waals surface area (Å²) in [5, 5.41) is 0. The zero-order valence-electron chi connectivity index (χ0n) is 13.8. The highest BCUT2D eigenvalue weighted by Crippen LogP contribution is 2.23. The van der Waals surface area contributed by atoms with Crippen LogP contribution in [0.15, 0.2) is 54.6 Å². The molecule has 0 aliphatic carbocycles. The molecule has 0 unspecified atom stereocenters. The maximum atomic E-state index is 5.74. The molecule has 116 valence electrons. The molecule has 0 bridgehead atoms. The molecule has 2 aromatic carbocycles. The zero-order chi connectivity index (χ0) is 15.8. The number of benzene rings is 2. The molecular weight excluding hydrogens is 270 g/mol. The Labute approximate surface area is 134 Å². The fourth-order valence-corrected chi connectivity index (χ4v) is 2.25. The van der Waals surface area contributed by atoms with E-state index in [4.69, 9.17) is 4.74 Å². The molecule has 2 nitrogen and oxygen atoms in total. The lowest BCUT2D eigenvalue weighted by molar-refractivity contribution is 0.261. The molecule has 0 amide bonds. The monoisotopic (exact) mass is 295 g/mol. The molecule has 0 saturated carbocycles. The summed E-state index contributed by atoms with van der Waals surface area (Å²) >= 11 is 0. The van der Waals surface area contributed by atoms with Crippen molar-refractivity contribution in [2.24, 2.45) is 0 Å². The van der Waals surface area contributed by atoms with Crippen LogP contribution < -0.4 is 4.74 Å². The number of hydrogen-bond acceptors (Lipinski definition) is 2. The first-order valence-electron chi connectivity index (χ1n) is 7.82. The van der Waals surface area contributed by atoms with Gasteiger partial charge in [-0.05, 0) is 49.3 Å². The molecule has 0 atom stereocenters. The second-order valence-electron chi connectivity index (χ2n) is 5.61. The topological polar surface area (TPSA) is 12.5 Å². The lowest BCUT2D eigenvalue weighted by Crippen LogP contribution is -2.19. The quantitative estimate of drug-likeness (QED) is 0.693. The van der Waals surface area contributed by atoms with Crippen molar-refractivity contribution in [2.75, 3.05) is 27.2 Å². The van der Waals surface area contributed by atoms with Crippen molar-refractivity contribution >= 4 is 11.6 Å². The van der Waals surface area contributed by atoms with Crippen LogP contribution in [0.2, 0.25) is 0 Å². The van der Waals surface area contributed by atoms with Gasteiger partial charge >= 0.3 is 0 Å². The van der Waals surface area contributed by atoms with E-state index in [2.05, 4.69) is 66.4 Å². The Morgan fingerprint density at radius 3 is 2.27 bits per heavy atom. The summed E-state index contributed by atoms with van der Waals surface area (Å²) in [6, 6.07) is 18.8. The molecule has 22 heavy (non-hydrogen) atoms. The van der Waals surface area contributed by atoms with Crippen molar-refractivity contribution in [2.45, 2.75) is 13.3 Å². The Morgan fingerprint density at radius 2 is 1.68 bits per heavy atom. The van der Waals surface area contributed by atoms with Gasteiger partial charge in [-0.3, -0.25) is 0 Å². The molecule has 2 aromatic rings. The predicted octanol–water partition coefficient (Wildman–Crippen LogP) is 4.58. The van der Waals surface area contributed by atoms with Gasteiger partial charge in [-0.1, -0.05) is 55.5 Å². The van der Waals surface area contributed by atoms with Gasteiger partial charge in [0.25, 0.3) is 0 Å². The third-order valence-electron chi connectivity index (χ3n) is 3.55. The van der Waals surface area contributed by atoms with E-state index < -0.39 is 0 Å². The minimum Gasteiger partial charge on any atom is -0.492 e. The molecule has 0 saturated heterocycles. The predicted molar refractivity (Wildman–Crippen MR) is 95.1 cm³/mol. The Kier molecular flexibility index (Phi) is 6.23. The van der Waals surface area contributed by atoms with Crippen LogP contribution in [-0.4, -0.2) is 32.1 Å². The summed E-state index contributed by atoms with van der Waals surface area (Å²) in [5.41, 5.74) is 3.84. The highest BCUT2D eigenvalue weighted by molar-refractivity contribution is 5.81. The van der Waals surface area contributed by atoms with Crippen LogP contribution in [0.4, 0.5) is 0 Å². The molecule has 2 rings (SSSR count). The number of ether oxygens (including phenoxy) is 1. The number of likely N-dealkylation sites (N-methyl/N-ethyl adjacent to an activating group) is 1. The SMILES string of the molecule is CCC(=Cc1ccccc1)c1ccc(OCCN(C)C)cc1. The molecule has 0 heterocycles. The molecule has 0 fully saturated rings. The molecule has 0 aliphatic rings. The Balaban J connectivity index is 2.06. The minimum absolute atomic E-state index is 0.715. The lowest BCUT2D eigenvalue weighted by Gasteiger charge is -2.12. The van der Waals surface area contributed by atoms with Crippen molar-refractivity contribution in [3.63, 3.8) is 0 Å². The highest BCUT2D eigenvalue weighted by atomic mass is 16.5. The molecule has 0 radical (unpaired) electrons. The number of hydrogen-bond donors (Lipinski definition) is 0. The van der Waals surface area contributed by atoms with Crippen LogP contribution in [0.3, 0.4) is 0 Å². The van der Waals surface area contributed by atoms with Gasteiger partial charge in [0, 0.05) is 6.54 Å². The van der Waals surface area contributed by atoms with Crippen molar-refractivity contribution in [1.29, 1.82) is 0 Å². The summed E-state index contributed by atoms with van der Waals surface area (Å²) in [4.78, 5) is 2.12. The summed E-state index contributed by atoms with van der Waals surface area (Å²) in [6.45, 7) is 3.83. The molecular formula is C20H25NO. The normalized spacial score (nSPS) is 11.7. The van der Waals surface area contributed by atoms with Gasteiger partial charge in [0.05, 0.1) is 0 Å². The van der Waals surface area contributed by atoms with Crippen LogP contribution in [0, 0.1) is 0 Å². The van der Waals surface area contributed by atoms with E-state index in [0.717, 1.165) is 18.7 Å². The summed E-state index contributed by atoms with van der Waals surface area (Å²) in [5.74, 6) is 0.931. The standard InChI is InChI=1S/C20H25NO/c1-4-18(16-17-8-6-5-7-9-17)19-10-12-20(13-11-19)22-15-14-21(2)3/h5-13,16H,4,14-15H2,1-3H3. The van der Waals surface area contributed by atoms with E-state index in [1.54, 1.807) is 0 Å². The van der Waals surface area contributed by atoms with Crippen molar-refractivity contribution < 1.29 is 4.74 Å². The molecule has 2 heteroatoms. The molecule has 0 spiro atoms. The largest absolute Gasteiger partial charge is 0.492 e. The first-order valence-corrected chi connectivity index (χ1v) is 7.82. The summed E-state index contributed by atoms with van der Waals surface area (Å²) < 4.78 is 5.74. The highest BCUT2D eigenvalue weighted by Gasteiger charge is 2.01. The average Bonchev–Trinajstić information content (AvgIpc) is 2.54.